The standard InChI is InChI=1S/C12H24N2/c13-7-5-12-6-8-14(10-12)9-11-3-1-2-4-11/h11-12H,1-10,13H2. The molecule has 14 heavy (non-hydrogen) atoms. The van der Waals surface area contributed by atoms with E-state index in [1.165, 1.54) is 58.2 Å². The van der Waals surface area contributed by atoms with E-state index in [1.807, 2.05) is 0 Å². The number of hydrogen-bond donors (Lipinski definition) is 1. The van der Waals surface area contributed by atoms with Gasteiger partial charge in [0.05, 0.1) is 0 Å². The van der Waals surface area contributed by atoms with Crippen molar-refractivity contribution in [2.24, 2.45) is 17.6 Å². The Morgan fingerprint density at radius 2 is 1.86 bits per heavy atom. The van der Waals surface area contributed by atoms with Gasteiger partial charge in [-0.1, -0.05) is 12.8 Å². The molecular weight excluding hydrogens is 172 g/mol. The Morgan fingerprint density at radius 3 is 2.57 bits per heavy atom. The van der Waals surface area contributed by atoms with Crippen LogP contribution in [0.15, 0.2) is 0 Å². The predicted octanol–water partition coefficient (Wildman–Crippen LogP) is 1.85. The SMILES string of the molecule is NCCC1CCN(CC2CCCC2)C1. The lowest BCUT2D eigenvalue weighted by atomic mass is 10.1. The summed E-state index contributed by atoms with van der Waals surface area (Å²) in [5.41, 5.74) is 5.60. The van der Waals surface area contributed by atoms with Crippen LogP contribution in [0.3, 0.4) is 0 Å². The van der Waals surface area contributed by atoms with E-state index in [2.05, 4.69) is 4.90 Å². The zero-order valence-corrected chi connectivity index (χ0v) is 9.25. The monoisotopic (exact) mass is 196 g/mol. The van der Waals surface area contributed by atoms with E-state index < -0.39 is 0 Å². The lowest BCUT2D eigenvalue weighted by Gasteiger charge is -2.20. The molecule has 2 heteroatoms. The molecule has 0 aromatic rings. The Kier molecular flexibility index (Phi) is 3.82. The van der Waals surface area contributed by atoms with Crippen LogP contribution in [0.2, 0.25) is 0 Å². The summed E-state index contributed by atoms with van der Waals surface area (Å²) in [6.45, 7) is 4.91. The van der Waals surface area contributed by atoms with Crippen LogP contribution in [0.1, 0.15) is 38.5 Å². The Bertz CT molecular complexity index is 164. The predicted molar refractivity (Wildman–Crippen MR) is 60.2 cm³/mol. The van der Waals surface area contributed by atoms with E-state index >= 15 is 0 Å². The van der Waals surface area contributed by atoms with Crippen LogP contribution in [0.4, 0.5) is 0 Å². The largest absolute Gasteiger partial charge is 0.330 e. The fourth-order valence-electron chi connectivity index (χ4n) is 3.11. The van der Waals surface area contributed by atoms with Gasteiger partial charge in [0.15, 0.2) is 0 Å². The van der Waals surface area contributed by atoms with Gasteiger partial charge in [-0.05, 0) is 50.6 Å². The molecule has 1 aliphatic heterocycles. The third-order valence-electron chi connectivity index (χ3n) is 3.94. The lowest BCUT2D eigenvalue weighted by Crippen LogP contribution is -2.26. The molecule has 1 unspecified atom stereocenters. The van der Waals surface area contributed by atoms with Crippen molar-refractivity contribution in [2.45, 2.75) is 38.5 Å². The summed E-state index contributed by atoms with van der Waals surface area (Å²) < 4.78 is 0. The normalized spacial score (nSPS) is 30.2. The van der Waals surface area contributed by atoms with Crippen molar-refractivity contribution in [3.8, 4) is 0 Å². The molecule has 2 N–H and O–H groups in total. The van der Waals surface area contributed by atoms with Crippen LogP contribution in [-0.2, 0) is 0 Å². The van der Waals surface area contributed by atoms with Gasteiger partial charge >= 0.3 is 0 Å². The Morgan fingerprint density at radius 1 is 1.07 bits per heavy atom. The molecule has 2 fully saturated rings. The number of likely N-dealkylation sites (tertiary alicyclic amines) is 1. The zero-order valence-electron chi connectivity index (χ0n) is 9.25. The first-order valence-corrected chi connectivity index (χ1v) is 6.31. The first kappa shape index (κ1) is 10.4. The maximum absolute atomic E-state index is 5.60. The van der Waals surface area contributed by atoms with Gasteiger partial charge in [-0.2, -0.15) is 0 Å². The minimum atomic E-state index is 0.877. The summed E-state index contributed by atoms with van der Waals surface area (Å²) in [5.74, 6) is 1.92. The molecule has 0 bridgehead atoms. The molecule has 2 rings (SSSR count). The first-order chi connectivity index (χ1) is 6.88. The van der Waals surface area contributed by atoms with Crippen LogP contribution in [0.5, 0.6) is 0 Å². The molecule has 0 aromatic carbocycles. The maximum Gasteiger partial charge on any atom is 0.00107 e. The molecule has 2 nitrogen and oxygen atoms in total. The van der Waals surface area contributed by atoms with E-state index in [0.717, 1.165) is 18.4 Å². The van der Waals surface area contributed by atoms with Crippen LogP contribution in [0, 0.1) is 11.8 Å². The molecule has 82 valence electrons. The average molecular weight is 196 g/mol. The summed E-state index contributed by atoms with van der Waals surface area (Å²) in [6.07, 6.45) is 8.55. The van der Waals surface area contributed by atoms with Gasteiger partial charge in [0.1, 0.15) is 0 Å². The molecule has 0 amide bonds. The van der Waals surface area contributed by atoms with Crippen molar-refractivity contribution in [1.29, 1.82) is 0 Å². The fourth-order valence-corrected chi connectivity index (χ4v) is 3.11. The van der Waals surface area contributed by atoms with E-state index in [9.17, 15) is 0 Å². The third-order valence-corrected chi connectivity index (χ3v) is 3.94. The molecule has 1 heterocycles. The lowest BCUT2D eigenvalue weighted by molar-refractivity contribution is 0.269. The van der Waals surface area contributed by atoms with Gasteiger partial charge in [0.2, 0.25) is 0 Å². The van der Waals surface area contributed by atoms with E-state index in [0.29, 0.717) is 0 Å². The Labute approximate surface area is 87.8 Å². The van der Waals surface area contributed by atoms with Gasteiger partial charge in [-0.15, -0.1) is 0 Å². The molecule has 1 saturated carbocycles. The summed E-state index contributed by atoms with van der Waals surface area (Å²) in [5, 5.41) is 0. The first-order valence-electron chi connectivity index (χ1n) is 6.31. The molecule has 0 radical (unpaired) electrons. The second-order valence-corrected chi connectivity index (χ2v) is 5.14. The van der Waals surface area contributed by atoms with Crippen LogP contribution in [0.25, 0.3) is 0 Å². The minimum Gasteiger partial charge on any atom is -0.330 e. The van der Waals surface area contributed by atoms with Crippen molar-refractivity contribution in [1.82, 2.24) is 4.90 Å². The Balaban J connectivity index is 1.67. The van der Waals surface area contributed by atoms with Crippen LogP contribution in [-0.4, -0.2) is 31.1 Å². The summed E-state index contributed by atoms with van der Waals surface area (Å²) >= 11 is 0. The second-order valence-electron chi connectivity index (χ2n) is 5.14. The van der Waals surface area contributed by atoms with E-state index in [1.54, 1.807) is 0 Å². The van der Waals surface area contributed by atoms with Gasteiger partial charge in [0.25, 0.3) is 0 Å². The minimum absolute atomic E-state index is 0.877. The molecule has 1 saturated heterocycles. The zero-order chi connectivity index (χ0) is 9.80. The summed E-state index contributed by atoms with van der Waals surface area (Å²) in [7, 11) is 0. The fraction of sp³-hybridized carbons (Fsp3) is 1.00. The third kappa shape index (κ3) is 2.71. The number of hydrogen-bond acceptors (Lipinski definition) is 2. The second kappa shape index (κ2) is 5.13. The highest BCUT2D eigenvalue weighted by atomic mass is 15.1. The number of rotatable bonds is 4. The van der Waals surface area contributed by atoms with Crippen molar-refractivity contribution in [2.75, 3.05) is 26.2 Å². The topological polar surface area (TPSA) is 29.3 Å². The van der Waals surface area contributed by atoms with Crippen molar-refractivity contribution in [3.05, 3.63) is 0 Å². The van der Waals surface area contributed by atoms with Gasteiger partial charge < -0.3 is 10.6 Å². The smallest absolute Gasteiger partial charge is 0.00107 e. The molecule has 0 aromatic heterocycles. The molecule has 1 aliphatic carbocycles. The van der Waals surface area contributed by atoms with Gasteiger partial charge in [-0.25, -0.2) is 0 Å². The molecule has 1 atom stereocenters. The van der Waals surface area contributed by atoms with Crippen LogP contribution < -0.4 is 5.73 Å². The quantitative estimate of drug-likeness (QED) is 0.743. The van der Waals surface area contributed by atoms with Gasteiger partial charge in [0, 0.05) is 13.1 Å². The van der Waals surface area contributed by atoms with Crippen molar-refractivity contribution < 1.29 is 0 Å². The number of nitrogens with zero attached hydrogens (tertiary/aromatic N) is 1. The highest BCUT2D eigenvalue weighted by Gasteiger charge is 2.25. The highest BCUT2D eigenvalue weighted by Crippen LogP contribution is 2.28. The maximum atomic E-state index is 5.60. The van der Waals surface area contributed by atoms with E-state index in [4.69, 9.17) is 5.73 Å². The molecule has 0 spiro atoms. The van der Waals surface area contributed by atoms with Crippen molar-refractivity contribution >= 4 is 0 Å². The Hall–Kier alpha value is -0.0800. The van der Waals surface area contributed by atoms with Crippen LogP contribution >= 0.6 is 0 Å². The van der Waals surface area contributed by atoms with Crippen molar-refractivity contribution in [3.63, 3.8) is 0 Å². The van der Waals surface area contributed by atoms with Gasteiger partial charge in [-0.3, -0.25) is 0 Å². The number of nitrogens with two attached hydrogens (primary N) is 1. The highest BCUT2D eigenvalue weighted by molar-refractivity contribution is 4.79. The molecule has 2 aliphatic rings. The summed E-state index contributed by atoms with van der Waals surface area (Å²) in [6, 6.07) is 0. The molecular formula is C12H24N2. The summed E-state index contributed by atoms with van der Waals surface area (Å²) in [4.78, 5) is 2.68. The van der Waals surface area contributed by atoms with E-state index in [-0.39, 0.29) is 0 Å². The average Bonchev–Trinajstić information content (AvgIpc) is 2.79.